The molecule has 0 atom stereocenters. The van der Waals surface area contributed by atoms with Crippen molar-refractivity contribution in [1.29, 1.82) is 0 Å². The van der Waals surface area contributed by atoms with Crippen LogP contribution in [-0.4, -0.2) is 49.8 Å². The molecule has 1 aliphatic rings. The van der Waals surface area contributed by atoms with Crippen molar-refractivity contribution < 1.29 is 26.4 Å². The monoisotopic (exact) mass is 441 g/mol. The highest BCUT2D eigenvalue weighted by molar-refractivity contribution is 7.89. The van der Waals surface area contributed by atoms with E-state index in [1.54, 1.807) is 18.2 Å². The summed E-state index contributed by atoms with van der Waals surface area (Å²) in [6.45, 7) is 2.69. The Bertz CT molecular complexity index is 1000. The van der Waals surface area contributed by atoms with Gasteiger partial charge in [0.25, 0.3) is 0 Å². The van der Waals surface area contributed by atoms with Gasteiger partial charge in [-0.25, -0.2) is 13.2 Å². The van der Waals surface area contributed by atoms with Crippen LogP contribution in [0.1, 0.15) is 16.7 Å². The Balaban J connectivity index is 1.53. The molecular weight excluding hydrogens is 419 g/mol. The van der Waals surface area contributed by atoms with Crippen LogP contribution in [0.15, 0.2) is 53.4 Å². The van der Waals surface area contributed by atoms with Crippen molar-refractivity contribution in [3.63, 3.8) is 0 Å². The van der Waals surface area contributed by atoms with Gasteiger partial charge in [0, 0.05) is 32.7 Å². The number of piperazine rings is 1. The molecular formula is C20H22F3N3O3S. The lowest BCUT2D eigenvalue weighted by molar-refractivity contribution is -0.137. The maximum atomic E-state index is 12.8. The summed E-state index contributed by atoms with van der Waals surface area (Å²) in [5.41, 5.74) is 0.637. The largest absolute Gasteiger partial charge is 0.416 e. The Kier molecular flexibility index (Phi) is 6.37. The fraction of sp³-hybridized carbons (Fsp3) is 0.350. The van der Waals surface area contributed by atoms with Crippen LogP contribution in [0.4, 0.5) is 18.0 Å². The summed E-state index contributed by atoms with van der Waals surface area (Å²) < 4.78 is 64.6. The number of alkyl halides is 3. The van der Waals surface area contributed by atoms with E-state index in [-0.39, 0.29) is 43.7 Å². The highest BCUT2D eigenvalue weighted by Gasteiger charge is 2.31. The van der Waals surface area contributed by atoms with E-state index in [0.29, 0.717) is 5.56 Å². The van der Waals surface area contributed by atoms with Gasteiger partial charge in [0.05, 0.1) is 10.5 Å². The van der Waals surface area contributed by atoms with Gasteiger partial charge in [-0.1, -0.05) is 24.3 Å². The lowest BCUT2D eigenvalue weighted by Crippen LogP contribution is -2.52. The average molecular weight is 441 g/mol. The Labute approximate surface area is 173 Å². The van der Waals surface area contributed by atoms with Crippen molar-refractivity contribution in [2.75, 3.05) is 26.2 Å². The first-order valence-corrected chi connectivity index (χ1v) is 10.8. The van der Waals surface area contributed by atoms with Gasteiger partial charge in [0.1, 0.15) is 0 Å². The van der Waals surface area contributed by atoms with Crippen LogP contribution >= 0.6 is 0 Å². The minimum atomic E-state index is -4.40. The standard InChI is InChI=1S/C20H22F3N3O3S/c1-15-3-2-4-18(13-15)30(28,29)26-11-9-25(10-12-26)19(27)24-14-16-5-7-17(8-6-16)20(21,22)23/h2-8,13H,9-12,14H2,1H3,(H,24,27). The number of amides is 2. The third-order valence-electron chi connectivity index (χ3n) is 4.88. The van der Waals surface area contributed by atoms with E-state index in [9.17, 15) is 26.4 Å². The number of nitrogens with one attached hydrogen (secondary N) is 1. The zero-order chi connectivity index (χ0) is 21.9. The summed E-state index contributed by atoms with van der Waals surface area (Å²) >= 11 is 0. The van der Waals surface area contributed by atoms with Crippen molar-refractivity contribution in [1.82, 2.24) is 14.5 Å². The smallest absolute Gasteiger partial charge is 0.334 e. The number of benzene rings is 2. The molecule has 0 bridgehead atoms. The minimum Gasteiger partial charge on any atom is -0.334 e. The minimum absolute atomic E-state index is 0.0821. The molecule has 0 aromatic heterocycles. The molecule has 2 aromatic carbocycles. The maximum Gasteiger partial charge on any atom is 0.416 e. The first-order valence-electron chi connectivity index (χ1n) is 9.33. The molecule has 1 N–H and O–H groups in total. The summed E-state index contributed by atoms with van der Waals surface area (Å²) in [5.74, 6) is 0. The lowest BCUT2D eigenvalue weighted by atomic mass is 10.1. The van der Waals surface area contributed by atoms with Crippen LogP contribution in [0.3, 0.4) is 0 Å². The van der Waals surface area contributed by atoms with E-state index in [0.717, 1.165) is 17.7 Å². The van der Waals surface area contributed by atoms with E-state index in [4.69, 9.17) is 0 Å². The molecule has 3 rings (SSSR count). The quantitative estimate of drug-likeness (QED) is 0.792. The number of hydrogen-bond acceptors (Lipinski definition) is 3. The second-order valence-corrected chi connectivity index (χ2v) is 9.00. The molecule has 0 radical (unpaired) electrons. The lowest BCUT2D eigenvalue weighted by Gasteiger charge is -2.34. The molecule has 6 nitrogen and oxygen atoms in total. The molecule has 1 aliphatic heterocycles. The zero-order valence-corrected chi connectivity index (χ0v) is 17.1. The van der Waals surface area contributed by atoms with Crippen LogP contribution in [0.5, 0.6) is 0 Å². The van der Waals surface area contributed by atoms with Crippen molar-refractivity contribution >= 4 is 16.1 Å². The highest BCUT2D eigenvalue weighted by atomic mass is 32.2. The maximum absolute atomic E-state index is 12.8. The molecule has 162 valence electrons. The topological polar surface area (TPSA) is 69.7 Å². The molecule has 0 saturated carbocycles. The first kappa shape index (κ1) is 22.1. The van der Waals surface area contributed by atoms with Gasteiger partial charge in [-0.15, -0.1) is 0 Å². The summed E-state index contributed by atoms with van der Waals surface area (Å²) in [7, 11) is -3.62. The molecule has 1 saturated heterocycles. The summed E-state index contributed by atoms with van der Waals surface area (Å²) in [5, 5.41) is 2.66. The molecule has 0 unspecified atom stereocenters. The predicted molar refractivity (Wildman–Crippen MR) is 105 cm³/mol. The number of rotatable bonds is 4. The van der Waals surface area contributed by atoms with Crippen molar-refractivity contribution in [2.24, 2.45) is 0 Å². The van der Waals surface area contributed by atoms with Crippen LogP contribution in [0, 0.1) is 6.92 Å². The highest BCUT2D eigenvalue weighted by Crippen LogP contribution is 2.29. The fourth-order valence-corrected chi connectivity index (χ4v) is 4.68. The fourth-order valence-electron chi connectivity index (χ4n) is 3.16. The molecule has 1 fully saturated rings. The zero-order valence-electron chi connectivity index (χ0n) is 16.3. The van der Waals surface area contributed by atoms with Gasteiger partial charge < -0.3 is 10.2 Å². The molecule has 2 aromatic rings. The number of halogens is 3. The molecule has 0 spiro atoms. The van der Waals surface area contributed by atoms with E-state index in [1.807, 2.05) is 13.0 Å². The summed E-state index contributed by atoms with van der Waals surface area (Å²) in [4.78, 5) is 14.1. The van der Waals surface area contributed by atoms with Crippen LogP contribution in [0.25, 0.3) is 0 Å². The first-order chi connectivity index (χ1) is 14.1. The Morgan fingerprint density at radius 3 is 2.23 bits per heavy atom. The van der Waals surface area contributed by atoms with Crippen LogP contribution in [-0.2, 0) is 22.7 Å². The second-order valence-electron chi connectivity index (χ2n) is 7.06. The molecule has 0 aliphatic carbocycles. The van der Waals surface area contributed by atoms with Crippen LogP contribution < -0.4 is 5.32 Å². The van der Waals surface area contributed by atoms with Crippen molar-refractivity contribution in [3.8, 4) is 0 Å². The van der Waals surface area contributed by atoms with E-state index in [1.165, 1.54) is 21.3 Å². The number of hydrogen-bond donors (Lipinski definition) is 1. The molecule has 2 amide bonds. The number of carbonyl (C=O) groups is 1. The molecule has 10 heteroatoms. The SMILES string of the molecule is Cc1cccc(S(=O)(=O)N2CCN(C(=O)NCc3ccc(C(F)(F)F)cc3)CC2)c1. The predicted octanol–water partition coefficient (Wildman–Crippen LogP) is 3.23. The van der Waals surface area contributed by atoms with Crippen molar-refractivity contribution in [2.45, 2.75) is 24.5 Å². The van der Waals surface area contributed by atoms with Crippen molar-refractivity contribution in [3.05, 3.63) is 65.2 Å². The van der Waals surface area contributed by atoms with E-state index in [2.05, 4.69) is 5.32 Å². The average Bonchev–Trinajstić information content (AvgIpc) is 2.72. The third-order valence-corrected chi connectivity index (χ3v) is 6.77. The Morgan fingerprint density at radius 1 is 1.03 bits per heavy atom. The number of urea groups is 1. The summed E-state index contributed by atoms with van der Waals surface area (Å²) in [6.07, 6.45) is -4.40. The number of carbonyl (C=O) groups excluding carboxylic acids is 1. The number of sulfonamides is 1. The van der Waals surface area contributed by atoms with E-state index >= 15 is 0 Å². The normalized spacial score (nSPS) is 15.8. The Morgan fingerprint density at radius 2 is 1.67 bits per heavy atom. The van der Waals surface area contributed by atoms with Crippen LogP contribution in [0.2, 0.25) is 0 Å². The van der Waals surface area contributed by atoms with E-state index < -0.39 is 21.8 Å². The Hall–Kier alpha value is -2.59. The van der Waals surface area contributed by atoms with Gasteiger partial charge in [-0.2, -0.15) is 17.5 Å². The second kappa shape index (κ2) is 8.65. The van der Waals surface area contributed by atoms with Gasteiger partial charge in [0.2, 0.25) is 10.0 Å². The van der Waals surface area contributed by atoms with Gasteiger partial charge >= 0.3 is 12.2 Å². The van der Waals surface area contributed by atoms with Gasteiger partial charge in [-0.3, -0.25) is 0 Å². The van der Waals surface area contributed by atoms with Gasteiger partial charge in [0.15, 0.2) is 0 Å². The molecule has 30 heavy (non-hydrogen) atoms. The van der Waals surface area contributed by atoms with Gasteiger partial charge in [-0.05, 0) is 42.3 Å². The number of nitrogens with zero attached hydrogens (tertiary/aromatic N) is 2. The number of aryl methyl sites for hydroxylation is 1. The molecule has 1 heterocycles. The summed E-state index contributed by atoms with van der Waals surface area (Å²) in [6, 6.07) is 10.8. The third kappa shape index (κ3) is 5.11.